The molecule has 0 aromatic carbocycles. The third-order valence-electron chi connectivity index (χ3n) is 6.22. The first kappa shape index (κ1) is 15.5. The lowest BCUT2D eigenvalue weighted by atomic mass is 9.53. The first-order valence-electron chi connectivity index (χ1n) is 8.67. The number of thioether (sulfide) groups is 1. The summed E-state index contributed by atoms with van der Waals surface area (Å²) in [6.45, 7) is 1.84. The smallest absolute Gasteiger partial charge is 0.332 e. The van der Waals surface area contributed by atoms with Gasteiger partial charge >= 0.3 is 5.97 Å². The number of amides is 1. The second-order valence-corrected chi connectivity index (χ2v) is 9.07. The second kappa shape index (κ2) is 5.23. The number of hydrogen-bond donors (Lipinski definition) is 1. The first-order chi connectivity index (χ1) is 11.0. The number of rotatable bonds is 3. The molecule has 1 N–H and O–H groups in total. The van der Waals surface area contributed by atoms with Crippen molar-refractivity contribution in [3.8, 4) is 0 Å². The number of nitrogens with zero attached hydrogens (tertiary/aromatic N) is 1. The number of aliphatic imine (C=N–C) groups is 1. The van der Waals surface area contributed by atoms with Crippen molar-refractivity contribution in [3.63, 3.8) is 0 Å². The molecule has 0 radical (unpaired) electrons. The van der Waals surface area contributed by atoms with Crippen molar-refractivity contribution in [2.75, 3.05) is 7.11 Å². The Kier molecular flexibility index (Phi) is 3.52. The third kappa shape index (κ3) is 2.32. The van der Waals surface area contributed by atoms with E-state index in [0.717, 1.165) is 37.0 Å². The molecule has 1 amide bonds. The highest BCUT2D eigenvalue weighted by molar-refractivity contribution is 8.17. The van der Waals surface area contributed by atoms with Crippen molar-refractivity contribution in [1.82, 2.24) is 5.32 Å². The van der Waals surface area contributed by atoms with E-state index in [1.165, 1.54) is 38.1 Å². The molecule has 1 unspecified atom stereocenters. The van der Waals surface area contributed by atoms with Crippen LogP contribution in [-0.4, -0.2) is 34.4 Å². The van der Waals surface area contributed by atoms with Gasteiger partial charge in [-0.1, -0.05) is 18.7 Å². The van der Waals surface area contributed by atoms with Crippen molar-refractivity contribution < 1.29 is 14.3 Å². The zero-order chi connectivity index (χ0) is 16.2. The number of esters is 1. The predicted octanol–water partition coefficient (Wildman–Crippen LogP) is 2.50. The third-order valence-corrected chi connectivity index (χ3v) is 7.59. The molecule has 6 heteroatoms. The number of methoxy groups -OCH3 is 1. The molecule has 4 aliphatic carbocycles. The molecule has 5 nitrogen and oxygen atoms in total. The van der Waals surface area contributed by atoms with Crippen LogP contribution in [0.3, 0.4) is 0 Å². The number of carbonyl (C=O) groups is 2. The molecular formula is C17H24N2O3S. The fourth-order valence-electron chi connectivity index (χ4n) is 5.58. The zero-order valence-corrected chi connectivity index (χ0v) is 14.6. The molecule has 23 heavy (non-hydrogen) atoms. The topological polar surface area (TPSA) is 67.8 Å². The van der Waals surface area contributed by atoms with Crippen LogP contribution in [0, 0.1) is 17.8 Å². The maximum atomic E-state index is 12.4. The molecule has 0 aromatic rings. The van der Waals surface area contributed by atoms with Gasteiger partial charge < -0.3 is 10.1 Å². The van der Waals surface area contributed by atoms with Gasteiger partial charge in [-0.05, 0) is 62.7 Å². The second-order valence-electron chi connectivity index (χ2n) is 7.79. The van der Waals surface area contributed by atoms with Crippen molar-refractivity contribution in [3.05, 3.63) is 0 Å². The summed E-state index contributed by atoms with van der Waals surface area (Å²) in [6, 6.07) is 0. The quantitative estimate of drug-likeness (QED) is 0.635. The molecule has 1 aliphatic heterocycles. The van der Waals surface area contributed by atoms with E-state index >= 15 is 0 Å². The van der Waals surface area contributed by atoms with Crippen molar-refractivity contribution in [1.29, 1.82) is 0 Å². The van der Waals surface area contributed by atoms with Crippen molar-refractivity contribution in [2.24, 2.45) is 22.7 Å². The largest absolute Gasteiger partial charge is 0.468 e. The fourth-order valence-corrected chi connectivity index (χ4v) is 6.75. The van der Waals surface area contributed by atoms with E-state index in [1.807, 2.05) is 6.92 Å². The van der Waals surface area contributed by atoms with E-state index in [9.17, 15) is 9.59 Å². The number of hydrogen-bond acceptors (Lipinski definition) is 5. The minimum atomic E-state index is -1.16. The standard InChI is InChI=1S/C17H24N2O3S/c1-3-17(14(21)22-2)13(20)18-15(23-17)19-16-7-10-4-11(8-16)6-12(5-10)9-16/h10-12H,3-9H2,1-2H3,(H,18,19,20). The number of nitrogens with one attached hydrogen (secondary N) is 1. The van der Waals surface area contributed by atoms with E-state index in [1.54, 1.807) is 0 Å². The van der Waals surface area contributed by atoms with Crippen LogP contribution in [0.2, 0.25) is 0 Å². The highest BCUT2D eigenvalue weighted by atomic mass is 32.2. The molecule has 1 atom stereocenters. The summed E-state index contributed by atoms with van der Waals surface area (Å²) in [6.07, 6.45) is 7.96. The first-order valence-corrected chi connectivity index (χ1v) is 9.49. The summed E-state index contributed by atoms with van der Waals surface area (Å²) in [5.74, 6) is 1.68. The molecule has 1 saturated heterocycles. The van der Waals surface area contributed by atoms with E-state index in [-0.39, 0.29) is 11.4 Å². The zero-order valence-electron chi connectivity index (χ0n) is 13.8. The number of ether oxygens (including phenoxy) is 1. The monoisotopic (exact) mass is 336 g/mol. The van der Waals surface area contributed by atoms with Gasteiger partial charge in [-0.15, -0.1) is 0 Å². The summed E-state index contributed by atoms with van der Waals surface area (Å²) < 4.78 is 3.71. The van der Waals surface area contributed by atoms with Gasteiger partial charge in [0.15, 0.2) is 9.91 Å². The Morgan fingerprint density at radius 2 is 1.83 bits per heavy atom. The predicted molar refractivity (Wildman–Crippen MR) is 89.1 cm³/mol. The summed E-state index contributed by atoms with van der Waals surface area (Å²) in [4.78, 5) is 29.6. The van der Waals surface area contributed by atoms with Gasteiger partial charge in [-0.25, -0.2) is 4.79 Å². The summed E-state index contributed by atoms with van der Waals surface area (Å²) in [5, 5.41) is 3.49. The molecule has 126 valence electrons. The summed E-state index contributed by atoms with van der Waals surface area (Å²) in [7, 11) is 1.34. The van der Waals surface area contributed by atoms with Crippen LogP contribution in [0.5, 0.6) is 0 Å². The van der Waals surface area contributed by atoms with Gasteiger partial charge in [0.05, 0.1) is 12.6 Å². The van der Waals surface area contributed by atoms with Crippen LogP contribution in [0.4, 0.5) is 0 Å². The van der Waals surface area contributed by atoms with Crippen LogP contribution < -0.4 is 5.32 Å². The average Bonchev–Trinajstić information content (AvgIpc) is 2.80. The lowest BCUT2D eigenvalue weighted by molar-refractivity contribution is -0.147. The Bertz CT molecular complexity index is 553. The van der Waals surface area contributed by atoms with Crippen LogP contribution in [0.25, 0.3) is 0 Å². The van der Waals surface area contributed by atoms with Gasteiger partial charge in [0.2, 0.25) is 0 Å². The van der Waals surface area contributed by atoms with E-state index in [4.69, 9.17) is 9.73 Å². The normalized spacial score (nSPS) is 46.3. The molecule has 4 saturated carbocycles. The lowest BCUT2D eigenvalue weighted by Gasteiger charge is -2.55. The molecule has 4 bridgehead atoms. The van der Waals surface area contributed by atoms with Crippen molar-refractivity contribution >= 4 is 28.8 Å². The van der Waals surface area contributed by atoms with E-state index in [0.29, 0.717) is 11.6 Å². The van der Waals surface area contributed by atoms with Crippen LogP contribution in [-0.2, 0) is 14.3 Å². The Morgan fingerprint density at radius 3 is 2.30 bits per heavy atom. The number of amidine groups is 1. The molecule has 0 aromatic heterocycles. The van der Waals surface area contributed by atoms with Gasteiger partial charge in [-0.3, -0.25) is 9.79 Å². The van der Waals surface area contributed by atoms with Crippen LogP contribution >= 0.6 is 11.8 Å². The van der Waals surface area contributed by atoms with Crippen LogP contribution in [0.15, 0.2) is 4.99 Å². The van der Waals surface area contributed by atoms with Gasteiger partial charge in [0.1, 0.15) is 0 Å². The number of carbonyl (C=O) groups excluding carboxylic acids is 2. The lowest BCUT2D eigenvalue weighted by Crippen LogP contribution is -2.50. The van der Waals surface area contributed by atoms with Gasteiger partial charge in [0.25, 0.3) is 5.91 Å². The van der Waals surface area contributed by atoms with Crippen LogP contribution in [0.1, 0.15) is 51.9 Å². The Balaban J connectivity index is 1.61. The molecule has 5 rings (SSSR count). The van der Waals surface area contributed by atoms with Gasteiger partial charge in [0, 0.05) is 0 Å². The minimum absolute atomic E-state index is 0.00427. The van der Waals surface area contributed by atoms with Crippen molar-refractivity contribution in [2.45, 2.75) is 62.2 Å². The molecule has 5 aliphatic rings. The average molecular weight is 336 g/mol. The molecular weight excluding hydrogens is 312 g/mol. The Labute approximate surface area is 141 Å². The van der Waals surface area contributed by atoms with E-state index in [2.05, 4.69) is 5.32 Å². The minimum Gasteiger partial charge on any atom is -0.468 e. The maximum absolute atomic E-state index is 12.4. The maximum Gasteiger partial charge on any atom is 0.332 e. The fraction of sp³-hybridized carbons (Fsp3) is 0.824. The molecule has 1 heterocycles. The Hall–Kier alpha value is -1.04. The molecule has 0 spiro atoms. The summed E-state index contributed by atoms with van der Waals surface area (Å²) >= 11 is 1.26. The highest BCUT2D eigenvalue weighted by Crippen LogP contribution is 2.57. The Morgan fingerprint density at radius 1 is 1.26 bits per heavy atom. The van der Waals surface area contributed by atoms with E-state index < -0.39 is 10.7 Å². The van der Waals surface area contributed by atoms with Gasteiger partial charge in [-0.2, -0.15) is 0 Å². The SMILES string of the molecule is CCC1(C(=O)OC)SC(=NC23CC4CC(CC(C4)C2)C3)NC1=O. The molecule has 5 fully saturated rings. The summed E-state index contributed by atoms with van der Waals surface area (Å²) in [5.41, 5.74) is 0.00427. The highest BCUT2D eigenvalue weighted by Gasteiger charge is 2.55.